The third-order valence-corrected chi connectivity index (χ3v) is 7.71. The van der Waals surface area contributed by atoms with E-state index in [-0.39, 0.29) is 27.9 Å². The highest BCUT2D eigenvalue weighted by molar-refractivity contribution is 7.91. The Kier molecular flexibility index (Phi) is 7.07. The second kappa shape index (κ2) is 10.5. The minimum Gasteiger partial charge on any atom is -0.456 e. The third-order valence-electron chi connectivity index (χ3n) is 6.14. The van der Waals surface area contributed by atoms with E-state index < -0.39 is 9.84 Å². The van der Waals surface area contributed by atoms with Crippen molar-refractivity contribution in [2.24, 2.45) is 0 Å². The van der Waals surface area contributed by atoms with Crippen LogP contribution in [0.5, 0.6) is 11.5 Å². The molecule has 204 valence electrons. The summed E-state index contributed by atoms with van der Waals surface area (Å²) < 4.78 is 34.1. The lowest BCUT2D eigenvalue weighted by molar-refractivity contribution is -0.115. The van der Waals surface area contributed by atoms with Crippen LogP contribution in [0.3, 0.4) is 0 Å². The van der Waals surface area contributed by atoms with Gasteiger partial charge in [0.1, 0.15) is 11.5 Å². The molecular formula is C29H28N6O4S. The number of benzene rings is 2. The molecule has 0 aliphatic carbocycles. The average Bonchev–Trinajstić information content (AvgIpc) is 3.39. The quantitative estimate of drug-likeness (QED) is 0.275. The Balaban J connectivity index is 1.35. The first-order valence-electron chi connectivity index (χ1n) is 12.5. The van der Waals surface area contributed by atoms with Gasteiger partial charge in [0.25, 0.3) is 5.16 Å². The molecule has 3 aromatic heterocycles. The molecule has 40 heavy (non-hydrogen) atoms. The molecule has 0 bridgehead atoms. The highest BCUT2D eigenvalue weighted by Crippen LogP contribution is 2.33. The van der Waals surface area contributed by atoms with Crippen LogP contribution in [0.1, 0.15) is 31.9 Å². The van der Waals surface area contributed by atoms with Gasteiger partial charge in [-0.05, 0) is 75.2 Å². The largest absolute Gasteiger partial charge is 0.456 e. The van der Waals surface area contributed by atoms with E-state index in [2.05, 4.69) is 25.4 Å². The van der Waals surface area contributed by atoms with Crippen LogP contribution in [0.15, 0.2) is 89.6 Å². The summed E-state index contributed by atoms with van der Waals surface area (Å²) in [5, 5.41) is 7.45. The summed E-state index contributed by atoms with van der Waals surface area (Å²) in [5.74, 6) is 0.862. The zero-order valence-corrected chi connectivity index (χ0v) is 23.3. The highest BCUT2D eigenvalue weighted by Gasteiger charge is 2.22. The number of aromatic nitrogens is 5. The zero-order chi connectivity index (χ0) is 28.5. The Labute approximate surface area is 232 Å². The van der Waals surface area contributed by atoms with Crippen molar-refractivity contribution >= 4 is 32.3 Å². The average molecular weight is 557 g/mol. The molecule has 0 saturated heterocycles. The number of rotatable bonds is 7. The van der Waals surface area contributed by atoms with Crippen molar-refractivity contribution in [1.29, 1.82) is 0 Å². The van der Waals surface area contributed by atoms with Crippen LogP contribution in [0, 0.1) is 6.92 Å². The van der Waals surface area contributed by atoms with Gasteiger partial charge in [-0.3, -0.25) is 14.5 Å². The van der Waals surface area contributed by atoms with Crippen LogP contribution < -0.4 is 10.1 Å². The molecule has 2 aromatic carbocycles. The van der Waals surface area contributed by atoms with Gasteiger partial charge in [0.2, 0.25) is 15.7 Å². The Morgan fingerprint density at radius 2 is 1.75 bits per heavy atom. The monoisotopic (exact) mass is 556 g/mol. The van der Waals surface area contributed by atoms with Crippen LogP contribution in [0.2, 0.25) is 0 Å². The van der Waals surface area contributed by atoms with E-state index in [1.807, 2.05) is 46.0 Å². The van der Waals surface area contributed by atoms with E-state index >= 15 is 0 Å². The number of nitrogens with zero attached hydrogens (tertiary/aromatic N) is 5. The first-order chi connectivity index (χ1) is 19.0. The van der Waals surface area contributed by atoms with Crippen molar-refractivity contribution in [3.8, 4) is 11.5 Å². The standard InChI is InChI=1S/C29H28N6O4S/c1-19-14-20(15-27(36)34-21-17-33-35(18-21)29(2,3)4)6-9-25(19)39-26-10-13-30-24-8-7-22(16-23(24)26)40(37,38)28-31-11-5-12-32-28/h5-14,16-18H,15H2,1-4H3,(H,34,36). The number of pyridine rings is 1. The van der Waals surface area contributed by atoms with Gasteiger partial charge in [0, 0.05) is 30.2 Å². The van der Waals surface area contributed by atoms with Crippen molar-refractivity contribution in [2.75, 3.05) is 5.32 Å². The first kappa shape index (κ1) is 26.9. The lowest BCUT2D eigenvalue weighted by Gasteiger charge is -2.18. The first-order valence-corrected chi connectivity index (χ1v) is 14.0. The topological polar surface area (TPSA) is 129 Å². The number of anilines is 1. The fraction of sp³-hybridized carbons (Fsp3) is 0.207. The molecule has 0 unspecified atom stereocenters. The molecule has 1 amide bonds. The molecule has 10 nitrogen and oxygen atoms in total. The summed E-state index contributed by atoms with van der Waals surface area (Å²) in [5.41, 5.74) is 2.67. The minimum atomic E-state index is -3.92. The lowest BCUT2D eigenvalue weighted by atomic mass is 10.1. The molecule has 0 aliphatic heterocycles. The maximum Gasteiger partial charge on any atom is 0.251 e. The number of amides is 1. The number of carbonyl (C=O) groups is 1. The number of carbonyl (C=O) groups excluding carboxylic acids is 1. The van der Waals surface area contributed by atoms with E-state index in [0.717, 1.165) is 11.1 Å². The Bertz CT molecular complexity index is 1810. The summed E-state index contributed by atoms with van der Waals surface area (Å²) in [6, 6.07) is 13.3. The van der Waals surface area contributed by atoms with Gasteiger partial charge >= 0.3 is 0 Å². The van der Waals surface area contributed by atoms with Gasteiger partial charge in [-0.2, -0.15) is 5.10 Å². The van der Waals surface area contributed by atoms with Gasteiger partial charge in [-0.1, -0.05) is 12.1 Å². The number of hydrogen-bond donors (Lipinski definition) is 1. The Morgan fingerprint density at radius 1 is 0.975 bits per heavy atom. The molecule has 0 saturated carbocycles. The van der Waals surface area contributed by atoms with Crippen LogP contribution >= 0.6 is 0 Å². The molecule has 5 rings (SSSR count). The molecule has 11 heteroatoms. The minimum absolute atomic E-state index is 0.0372. The van der Waals surface area contributed by atoms with Crippen molar-refractivity contribution in [1.82, 2.24) is 24.7 Å². The van der Waals surface area contributed by atoms with Gasteiger partial charge in [-0.25, -0.2) is 18.4 Å². The van der Waals surface area contributed by atoms with E-state index in [0.29, 0.717) is 28.1 Å². The lowest BCUT2D eigenvalue weighted by Crippen LogP contribution is -2.22. The fourth-order valence-corrected chi connectivity index (χ4v) is 5.22. The van der Waals surface area contributed by atoms with Crippen molar-refractivity contribution in [3.63, 3.8) is 0 Å². The number of nitrogens with one attached hydrogen (secondary N) is 1. The van der Waals surface area contributed by atoms with Gasteiger partial charge in [0.15, 0.2) is 0 Å². The number of fused-ring (bicyclic) bond motifs is 1. The van der Waals surface area contributed by atoms with Gasteiger partial charge < -0.3 is 10.1 Å². The maximum absolute atomic E-state index is 13.1. The van der Waals surface area contributed by atoms with Crippen molar-refractivity contribution in [3.05, 3.63) is 90.6 Å². The normalized spacial score (nSPS) is 11.9. The predicted octanol–water partition coefficient (Wildman–Crippen LogP) is 5.09. The maximum atomic E-state index is 13.1. The van der Waals surface area contributed by atoms with E-state index in [4.69, 9.17) is 4.74 Å². The molecule has 0 aliphatic rings. The Morgan fingerprint density at radius 3 is 2.45 bits per heavy atom. The zero-order valence-electron chi connectivity index (χ0n) is 22.5. The highest BCUT2D eigenvalue weighted by atomic mass is 32.2. The molecule has 0 radical (unpaired) electrons. The molecule has 1 N–H and O–H groups in total. The predicted molar refractivity (Wildman–Crippen MR) is 150 cm³/mol. The van der Waals surface area contributed by atoms with Gasteiger partial charge in [-0.15, -0.1) is 0 Å². The number of hydrogen-bond acceptors (Lipinski definition) is 8. The third kappa shape index (κ3) is 5.69. The van der Waals surface area contributed by atoms with E-state index in [9.17, 15) is 13.2 Å². The summed E-state index contributed by atoms with van der Waals surface area (Å²) in [6.45, 7) is 7.99. The number of aryl methyl sites for hydroxylation is 1. The number of ether oxygens (including phenoxy) is 1. The van der Waals surface area contributed by atoms with Crippen LogP contribution in [0.4, 0.5) is 5.69 Å². The van der Waals surface area contributed by atoms with Crippen molar-refractivity contribution < 1.29 is 17.9 Å². The smallest absolute Gasteiger partial charge is 0.251 e. The molecule has 0 atom stereocenters. The summed E-state index contributed by atoms with van der Waals surface area (Å²) in [7, 11) is -3.92. The van der Waals surface area contributed by atoms with E-state index in [1.54, 1.807) is 41.3 Å². The van der Waals surface area contributed by atoms with Crippen LogP contribution in [0.25, 0.3) is 10.9 Å². The second-order valence-corrected chi connectivity index (χ2v) is 12.1. The molecule has 3 heterocycles. The summed E-state index contributed by atoms with van der Waals surface area (Å²) in [4.78, 5) is 24.8. The summed E-state index contributed by atoms with van der Waals surface area (Å²) >= 11 is 0. The van der Waals surface area contributed by atoms with E-state index in [1.165, 1.54) is 24.5 Å². The molecule has 0 fully saturated rings. The SMILES string of the molecule is Cc1cc(CC(=O)Nc2cnn(C(C)(C)C)c2)ccc1Oc1ccnc2ccc(S(=O)(=O)c3ncccn3)cc12. The van der Waals surface area contributed by atoms with Crippen LogP contribution in [-0.2, 0) is 26.6 Å². The Hall–Kier alpha value is -4.64. The van der Waals surface area contributed by atoms with Crippen molar-refractivity contribution in [2.45, 2.75) is 49.7 Å². The van der Waals surface area contributed by atoms with Crippen LogP contribution in [-0.4, -0.2) is 39.1 Å². The number of sulfone groups is 1. The summed E-state index contributed by atoms with van der Waals surface area (Å²) in [6.07, 6.45) is 7.99. The molecule has 5 aromatic rings. The second-order valence-electron chi connectivity index (χ2n) is 10.3. The molecule has 0 spiro atoms. The molecular weight excluding hydrogens is 528 g/mol. The fourth-order valence-electron chi connectivity index (χ4n) is 4.09. The van der Waals surface area contributed by atoms with Gasteiger partial charge in [0.05, 0.1) is 34.3 Å².